The maximum Gasteiger partial charge on any atom is 0.303 e. The highest BCUT2D eigenvalue weighted by atomic mass is 16.6. The fraction of sp³-hybridized carbons (Fsp3) is 0.864. The minimum Gasteiger partial charge on any atom is -0.457 e. The average molecular weight is 381 g/mol. The minimum atomic E-state index is -1.23. The molecule has 2 fully saturated rings. The molecule has 0 saturated carbocycles. The second-order valence-electron chi connectivity index (χ2n) is 9.81. The van der Waals surface area contributed by atoms with Crippen molar-refractivity contribution >= 4 is 5.97 Å². The van der Waals surface area contributed by atoms with E-state index in [0.29, 0.717) is 31.1 Å². The quantitative estimate of drug-likeness (QED) is 0.568. The van der Waals surface area contributed by atoms with Crippen molar-refractivity contribution in [3.63, 3.8) is 0 Å². The van der Waals surface area contributed by atoms with Crippen LogP contribution in [0.15, 0.2) is 11.6 Å². The van der Waals surface area contributed by atoms with Gasteiger partial charge in [-0.2, -0.15) is 0 Å². The van der Waals surface area contributed by atoms with Gasteiger partial charge in [0.2, 0.25) is 0 Å². The Balaban J connectivity index is 2.09. The minimum absolute atomic E-state index is 0.183. The van der Waals surface area contributed by atoms with Gasteiger partial charge in [0, 0.05) is 25.2 Å². The highest BCUT2D eigenvalue weighted by Gasteiger charge is 2.59. The van der Waals surface area contributed by atoms with E-state index in [9.17, 15) is 15.0 Å². The number of hydrogen-bond donors (Lipinski definition) is 2. The molecule has 2 aliphatic heterocycles. The van der Waals surface area contributed by atoms with Gasteiger partial charge in [-0.1, -0.05) is 25.5 Å². The van der Waals surface area contributed by atoms with Crippen molar-refractivity contribution in [3.05, 3.63) is 11.6 Å². The third-order valence-electron chi connectivity index (χ3n) is 7.30. The van der Waals surface area contributed by atoms with Crippen LogP contribution < -0.4 is 0 Å². The number of aliphatic hydroxyl groups is 2. The molecular formula is C22H36O5. The molecule has 1 aliphatic carbocycles. The van der Waals surface area contributed by atoms with Gasteiger partial charge in [0.05, 0.1) is 17.8 Å². The lowest BCUT2D eigenvalue weighted by Gasteiger charge is -2.44. The van der Waals surface area contributed by atoms with E-state index in [4.69, 9.17) is 9.47 Å². The van der Waals surface area contributed by atoms with Gasteiger partial charge < -0.3 is 19.7 Å². The zero-order chi connectivity index (χ0) is 20.1. The monoisotopic (exact) mass is 380 g/mol. The molecule has 2 N–H and O–H groups in total. The van der Waals surface area contributed by atoms with Crippen molar-refractivity contribution in [3.8, 4) is 0 Å². The highest BCUT2D eigenvalue weighted by molar-refractivity contribution is 5.66. The molecular weight excluding hydrogens is 344 g/mol. The van der Waals surface area contributed by atoms with E-state index in [-0.39, 0.29) is 30.0 Å². The number of rotatable bonds is 2. The standard InChI is InChI=1S/C22H36O5/c1-12(2)15-8-7-13(3)18-16-11-21(5,25)17(24)9-10-22(6,27-14(4)23)20(26-16)19(15)18/h7,12,15-20,24-25H,8-11H2,1-6H3/t15-,16-,17+,18-,19-,20-,21+,22-/m1/s1. The Morgan fingerprint density at radius 3 is 2.63 bits per heavy atom. The summed E-state index contributed by atoms with van der Waals surface area (Å²) in [5.41, 5.74) is -0.743. The lowest BCUT2D eigenvalue weighted by atomic mass is 9.62. The molecule has 154 valence electrons. The molecule has 0 radical (unpaired) electrons. The molecule has 0 amide bonds. The Morgan fingerprint density at radius 2 is 2.04 bits per heavy atom. The summed E-state index contributed by atoms with van der Waals surface area (Å²) in [6, 6.07) is 0. The zero-order valence-corrected chi connectivity index (χ0v) is 17.6. The van der Waals surface area contributed by atoms with Gasteiger partial charge in [-0.05, 0) is 51.9 Å². The first-order chi connectivity index (χ1) is 12.5. The van der Waals surface area contributed by atoms with E-state index in [1.165, 1.54) is 12.5 Å². The molecule has 5 heteroatoms. The highest BCUT2D eigenvalue weighted by Crippen LogP contribution is 2.54. The van der Waals surface area contributed by atoms with E-state index in [0.717, 1.165) is 6.42 Å². The molecule has 0 unspecified atom stereocenters. The van der Waals surface area contributed by atoms with Crippen molar-refractivity contribution in [2.75, 3.05) is 0 Å². The van der Waals surface area contributed by atoms with Crippen LogP contribution in [0.25, 0.3) is 0 Å². The van der Waals surface area contributed by atoms with Crippen LogP contribution in [0.3, 0.4) is 0 Å². The van der Waals surface area contributed by atoms with Gasteiger partial charge in [0.25, 0.3) is 0 Å². The average Bonchev–Trinajstić information content (AvgIpc) is 2.92. The molecule has 27 heavy (non-hydrogen) atoms. The molecule has 5 nitrogen and oxygen atoms in total. The van der Waals surface area contributed by atoms with Gasteiger partial charge in [0.1, 0.15) is 11.7 Å². The lowest BCUT2D eigenvalue weighted by molar-refractivity contribution is -0.179. The summed E-state index contributed by atoms with van der Waals surface area (Å²) in [6.45, 7) is 11.7. The molecule has 3 rings (SSSR count). The Bertz CT molecular complexity index is 610. The molecule has 0 aromatic heterocycles. The number of ether oxygens (including phenoxy) is 2. The van der Waals surface area contributed by atoms with Crippen LogP contribution >= 0.6 is 0 Å². The number of esters is 1. The first kappa shape index (κ1) is 20.8. The van der Waals surface area contributed by atoms with Crippen molar-refractivity contribution < 1.29 is 24.5 Å². The summed E-state index contributed by atoms with van der Waals surface area (Å²) in [6.07, 6.45) is 3.27. The topological polar surface area (TPSA) is 76.0 Å². The lowest BCUT2D eigenvalue weighted by Crippen LogP contribution is -2.51. The molecule has 0 aromatic rings. The SMILES string of the molecule is CC(=O)O[C@]1(C)CC[C@H](O)[C@@](C)(O)C[C@H]2O[C@@H]1[C@H]1[C@@H]2C(C)=CC[C@@H]1C(C)C. The first-order valence-corrected chi connectivity index (χ1v) is 10.4. The van der Waals surface area contributed by atoms with E-state index in [1.807, 2.05) is 6.92 Å². The van der Waals surface area contributed by atoms with Crippen molar-refractivity contribution in [1.82, 2.24) is 0 Å². The molecule has 2 bridgehead atoms. The molecule has 2 heterocycles. The van der Waals surface area contributed by atoms with Crippen molar-refractivity contribution in [1.29, 1.82) is 0 Å². The smallest absolute Gasteiger partial charge is 0.303 e. The van der Waals surface area contributed by atoms with Gasteiger partial charge >= 0.3 is 5.97 Å². The maximum absolute atomic E-state index is 11.9. The molecule has 0 aromatic carbocycles. The summed E-state index contributed by atoms with van der Waals surface area (Å²) >= 11 is 0. The maximum atomic E-state index is 11.9. The zero-order valence-electron chi connectivity index (χ0n) is 17.6. The van der Waals surface area contributed by atoms with Crippen LogP contribution in [-0.2, 0) is 14.3 Å². The first-order valence-electron chi connectivity index (χ1n) is 10.4. The van der Waals surface area contributed by atoms with Gasteiger partial charge in [-0.3, -0.25) is 4.79 Å². The number of carbonyl (C=O) groups excluding carboxylic acids is 1. The van der Waals surface area contributed by atoms with Gasteiger partial charge in [0.15, 0.2) is 0 Å². The fourth-order valence-corrected chi connectivity index (χ4v) is 5.80. The summed E-state index contributed by atoms with van der Waals surface area (Å²) in [7, 11) is 0. The fourth-order valence-electron chi connectivity index (χ4n) is 5.80. The number of allylic oxidation sites excluding steroid dienone is 1. The summed E-state index contributed by atoms with van der Waals surface area (Å²) in [5.74, 6) is 1.03. The molecule has 2 saturated heterocycles. The summed E-state index contributed by atoms with van der Waals surface area (Å²) in [5, 5.41) is 21.5. The predicted molar refractivity (Wildman–Crippen MR) is 103 cm³/mol. The van der Waals surface area contributed by atoms with Crippen LogP contribution in [0.1, 0.15) is 67.2 Å². The van der Waals surface area contributed by atoms with E-state index >= 15 is 0 Å². The number of hydrogen-bond acceptors (Lipinski definition) is 5. The number of carbonyl (C=O) groups is 1. The van der Waals surface area contributed by atoms with Crippen LogP contribution in [0.5, 0.6) is 0 Å². The van der Waals surface area contributed by atoms with E-state index in [2.05, 4.69) is 26.8 Å². The van der Waals surface area contributed by atoms with Crippen LogP contribution in [0.2, 0.25) is 0 Å². The van der Waals surface area contributed by atoms with Gasteiger partial charge in [-0.25, -0.2) is 0 Å². The van der Waals surface area contributed by atoms with Crippen LogP contribution in [0, 0.1) is 23.7 Å². The Labute approximate surface area is 163 Å². The molecule has 8 atom stereocenters. The Hall–Kier alpha value is -0.910. The third kappa shape index (κ3) is 3.70. The summed E-state index contributed by atoms with van der Waals surface area (Å²) in [4.78, 5) is 11.9. The van der Waals surface area contributed by atoms with Crippen LogP contribution in [0.4, 0.5) is 0 Å². The van der Waals surface area contributed by atoms with Crippen LogP contribution in [-0.4, -0.2) is 45.7 Å². The largest absolute Gasteiger partial charge is 0.457 e. The number of fused-ring (bicyclic) bond motifs is 5. The van der Waals surface area contributed by atoms with E-state index < -0.39 is 17.3 Å². The van der Waals surface area contributed by atoms with E-state index in [1.54, 1.807) is 6.92 Å². The van der Waals surface area contributed by atoms with Gasteiger partial charge in [-0.15, -0.1) is 0 Å². The molecule has 0 spiro atoms. The Morgan fingerprint density at radius 1 is 1.37 bits per heavy atom. The molecule has 3 aliphatic rings. The third-order valence-corrected chi connectivity index (χ3v) is 7.30. The second kappa shape index (κ2) is 7.16. The predicted octanol–water partition coefficient (Wildman–Crippen LogP) is 3.23. The van der Waals surface area contributed by atoms with Crippen molar-refractivity contribution in [2.24, 2.45) is 23.7 Å². The summed E-state index contributed by atoms with van der Waals surface area (Å²) < 4.78 is 12.4. The Kier molecular flexibility index (Phi) is 5.52. The normalized spacial score (nSPS) is 47.5. The van der Waals surface area contributed by atoms with Crippen molar-refractivity contribution in [2.45, 2.75) is 96.7 Å². The number of aliphatic hydroxyl groups excluding tert-OH is 1. The second-order valence-corrected chi connectivity index (χ2v) is 9.81.